The van der Waals surface area contributed by atoms with E-state index in [1.54, 1.807) is 24.3 Å². The number of hydrogen-bond donors (Lipinski definition) is 0. The van der Waals surface area contributed by atoms with Gasteiger partial charge in [-0.2, -0.15) is 0 Å². The van der Waals surface area contributed by atoms with Crippen molar-refractivity contribution in [3.8, 4) is 11.5 Å². The molecule has 6 aromatic rings. The number of halogens is 2. The van der Waals surface area contributed by atoms with Crippen molar-refractivity contribution in [2.24, 2.45) is 0 Å². The molecule has 0 fully saturated rings. The molecule has 0 amide bonds. The molecule has 6 aromatic carbocycles. The summed E-state index contributed by atoms with van der Waals surface area (Å²) in [6, 6.07) is 50.0. The normalized spacial score (nSPS) is 18.5. The predicted octanol–water partition coefficient (Wildman–Crippen LogP) is 8.75. The summed E-state index contributed by atoms with van der Waals surface area (Å²) in [5.41, 5.74) is 4.25. The molecule has 0 saturated carbocycles. The first-order valence-electron chi connectivity index (χ1n) is 16.2. The van der Waals surface area contributed by atoms with E-state index in [2.05, 4.69) is 85.0 Å². The number of benzene rings is 6. The van der Waals surface area contributed by atoms with Gasteiger partial charge in [-0.1, -0.05) is 0 Å². The second-order valence-corrected chi connectivity index (χ2v) is 47.2. The van der Waals surface area contributed by atoms with Gasteiger partial charge in [-0.3, -0.25) is 0 Å². The van der Waals surface area contributed by atoms with E-state index in [0.717, 1.165) is 28.8 Å². The van der Waals surface area contributed by atoms with Crippen molar-refractivity contribution in [1.29, 1.82) is 0 Å². The Morgan fingerprint density at radius 1 is 0.438 bits per heavy atom. The fraction of sp³-hybridized carbons (Fsp3) is 0.0476. The van der Waals surface area contributed by atoms with Crippen LogP contribution in [0.25, 0.3) is 12.2 Å². The predicted molar refractivity (Wildman–Crippen MR) is 191 cm³/mol. The second kappa shape index (κ2) is 10.2. The summed E-state index contributed by atoms with van der Waals surface area (Å²) in [4.78, 5) is 0. The van der Waals surface area contributed by atoms with Gasteiger partial charge in [-0.25, -0.2) is 0 Å². The Bertz CT molecular complexity index is 2210. The van der Waals surface area contributed by atoms with Crippen LogP contribution in [0.4, 0.5) is 8.78 Å². The molecule has 0 spiro atoms. The van der Waals surface area contributed by atoms with Crippen LogP contribution in [-0.4, -0.2) is 6.88 Å². The fourth-order valence-electron chi connectivity index (χ4n) is 9.36. The molecule has 2 atom stereocenters. The van der Waals surface area contributed by atoms with Gasteiger partial charge in [-0.15, -0.1) is 0 Å². The van der Waals surface area contributed by atoms with E-state index in [-0.39, 0.29) is 11.6 Å². The summed E-state index contributed by atoms with van der Waals surface area (Å²) in [6.07, 6.45) is 8.83. The molecule has 2 aliphatic carbocycles. The van der Waals surface area contributed by atoms with E-state index in [9.17, 15) is 8.78 Å². The van der Waals surface area contributed by atoms with Crippen LogP contribution in [0.3, 0.4) is 0 Å². The zero-order chi connectivity index (χ0) is 32.9. The first-order chi connectivity index (χ1) is 23.3. The number of hydrogen-bond acceptors (Lipinski definition) is 2. The van der Waals surface area contributed by atoms with Crippen molar-refractivity contribution in [2.45, 2.75) is 7.25 Å². The Morgan fingerprint density at radius 3 is 1.19 bits per heavy atom. The summed E-state index contributed by atoms with van der Waals surface area (Å²) in [5.74, 6) is 0.206. The Kier molecular flexibility index (Phi) is 6.51. The first kappa shape index (κ1) is 30.7. The molecule has 8 rings (SSSR count). The van der Waals surface area contributed by atoms with E-state index in [4.69, 9.17) is 5.63 Å². The fourth-order valence-corrected chi connectivity index (χ4v) is 46.2. The third-order valence-electron chi connectivity index (χ3n) is 11.4. The number of fused-ring (bicyclic) bond motifs is 2. The molecule has 0 aliphatic heterocycles. The van der Waals surface area contributed by atoms with Crippen molar-refractivity contribution in [2.75, 3.05) is 0 Å². The second-order valence-electron chi connectivity index (χ2n) is 13.7. The minimum absolute atomic E-state index is 0.368. The van der Waals surface area contributed by atoms with Gasteiger partial charge in [-0.05, 0) is 0 Å². The van der Waals surface area contributed by atoms with E-state index in [0.29, 0.717) is 11.5 Å². The van der Waals surface area contributed by atoms with Crippen molar-refractivity contribution >= 4 is 25.6 Å². The maximum absolute atomic E-state index is 14.7. The van der Waals surface area contributed by atoms with E-state index < -0.39 is 22.6 Å². The molecule has 2 unspecified atom stereocenters. The maximum atomic E-state index is 14.7. The quantitative estimate of drug-likeness (QED) is 0.146. The Morgan fingerprint density at radius 2 is 0.792 bits per heavy atom. The van der Waals surface area contributed by atoms with Crippen molar-refractivity contribution in [3.05, 3.63) is 204 Å². The summed E-state index contributed by atoms with van der Waals surface area (Å²) >= 11 is -7.60. The van der Waals surface area contributed by atoms with Crippen LogP contribution in [0.1, 0.15) is 29.5 Å². The van der Waals surface area contributed by atoms with E-state index >= 15 is 0 Å². The zero-order valence-electron chi connectivity index (χ0n) is 26.3. The molecule has 6 heteroatoms. The average Bonchev–Trinajstić information content (AvgIpc) is 3.79. The molecule has 0 bridgehead atoms. The summed E-state index contributed by atoms with van der Waals surface area (Å²) < 4.78 is 46.9. The van der Waals surface area contributed by atoms with Gasteiger partial charge in [0.1, 0.15) is 0 Å². The molecule has 2 aliphatic rings. The minimum atomic E-state index is -7.60. The topological polar surface area (TPSA) is 18.5 Å². The summed E-state index contributed by atoms with van der Waals surface area (Å²) in [6.45, 7) is 1.88. The van der Waals surface area contributed by atoms with Crippen LogP contribution in [0.15, 0.2) is 170 Å². The SMILES string of the molecule is Fc1ccc([O][Zr](=[SiH2])([O]c2ccc(F)cc2)([c]2ccccc2)([c]2ccccc2)([CH]2C=Cc3ccccc32)[CH]2C=Cc3ccccc32)cc1. The third kappa shape index (κ3) is 3.68. The molecular weight excluding hydrogens is 694 g/mol. The van der Waals surface area contributed by atoms with Crippen LogP contribution in [0.5, 0.6) is 11.5 Å². The Labute approximate surface area is 276 Å². The van der Waals surface area contributed by atoms with Crippen LogP contribution >= 0.6 is 0 Å². The molecule has 0 heterocycles. The van der Waals surface area contributed by atoms with Crippen LogP contribution in [0, 0.1) is 11.6 Å². The van der Waals surface area contributed by atoms with E-state index in [1.165, 1.54) is 24.3 Å². The summed E-state index contributed by atoms with van der Waals surface area (Å²) in [5, 5.41) is 0. The Hall–Kier alpha value is -4.64. The van der Waals surface area contributed by atoms with Crippen molar-refractivity contribution in [3.63, 3.8) is 0 Å². The van der Waals surface area contributed by atoms with Crippen LogP contribution < -0.4 is 12.2 Å². The monoisotopic (exact) mass is 726 g/mol. The molecule has 0 N–H and O–H groups in total. The third-order valence-corrected chi connectivity index (χ3v) is 50.2. The molecule has 0 radical (unpaired) electrons. The molecule has 236 valence electrons. The van der Waals surface area contributed by atoms with E-state index in [1.807, 2.05) is 55.4 Å². The zero-order valence-corrected chi connectivity index (χ0v) is 30.1. The number of rotatable bonds is 8. The van der Waals surface area contributed by atoms with Gasteiger partial charge < -0.3 is 0 Å². The molecule has 48 heavy (non-hydrogen) atoms. The van der Waals surface area contributed by atoms with Gasteiger partial charge in [0, 0.05) is 0 Å². The van der Waals surface area contributed by atoms with Gasteiger partial charge in [0.05, 0.1) is 0 Å². The van der Waals surface area contributed by atoms with Crippen molar-refractivity contribution in [1.82, 2.24) is 0 Å². The van der Waals surface area contributed by atoms with Crippen LogP contribution in [0.2, 0.25) is 0 Å². The summed E-state index contributed by atoms with van der Waals surface area (Å²) in [7, 11) is 0. The molecule has 0 aromatic heterocycles. The number of allylic oxidation sites excluding steroid dienone is 2. The van der Waals surface area contributed by atoms with Gasteiger partial charge >= 0.3 is 278 Å². The molecular formula is C42H34F2O2SiZr. The van der Waals surface area contributed by atoms with Crippen LogP contribution in [-0.2, 0) is 15.3 Å². The van der Waals surface area contributed by atoms with Gasteiger partial charge in [0.15, 0.2) is 0 Å². The van der Waals surface area contributed by atoms with Crippen molar-refractivity contribution < 1.29 is 29.7 Å². The molecule has 0 saturated heterocycles. The van der Waals surface area contributed by atoms with Gasteiger partial charge in [0.25, 0.3) is 0 Å². The molecule has 2 nitrogen and oxygen atoms in total. The first-order valence-corrected chi connectivity index (χ1v) is 29.5. The van der Waals surface area contributed by atoms with Gasteiger partial charge in [0.2, 0.25) is 0 Å². The average molecular weight is 728 g/mol. The standard InChI is InChI=1S/2C9H7.2C6H5FO.2C6H5.H2Si.Zr/c2*1-2-5-9-7-3-6-8(9)4-1;2*7-5-1-3-6(8)4-2-5;2*1-2-4-6-5-3-1;;/h2*1-7H;2*1-4,8H;2*1-5H;1H2;/q;;;;;;;+2/p-2. The Balaban J connectivity index is 1.74.